The Hall–Kier alpha value is -1.63. The van der Waals surface area contributed by atoms with E-state index in [9.17, 15) is 34.8 Å². The molecule has 0 aromatic heterocycles. The minimum atomic E-state index is -2.82. The SMILES string of the molecule is O=CCCCCCC(=O)N[C@H]1[C@H]([C@H](O)[C@H](O)CO)OC(O)(C(=O)O)C[C@@H]1O. The van der Waals surface area contributed by atoms with Crippen molar-refractivity contribution >= 4 is 18.2 Å². The summed E-state index contributed by atoms with van der Waals surface area (Å²) in [6, 6.07) is -1.32. The molecule has 0 aromatic rings. The van der Waals surface area contributed by atoms with Crippen molar-refractivity contribution in [1.82, 2.24) is 5.32 Å². The van der Waals surface area contributed by atoms with Gasteiger partial charge in [-0.1, -0.05) is 6.42 Å². The van der Waals surface area contributed by atoms with E-state index in [-0.39, 0.29) is 6.42 Å². The summed E-state index contributed by atoms with van der Waals surface area (Å²) in [7, 11) is 0. The van der Waals surface area contributed by atoms with Gasteiger partial charge >= 0.3 is 5.97 Å². The second-order valence-electron chi connectivity index (χ2n) is 6.54. The molecule has 11 heteroatoms. The van der Waals surface area contributed by atoms with Crippen LogP contribution in [0.15, 0.2) is 0 Å². The van der Waals surface area contributed by atoms with Gasteiger partial charge in [-0.2, -0.15) is 0 Å². The van der Waals surface area contributed by atoms with Crippen LogP contribution in [0, 0.1) is 0 Å². The number of carboxylic acids is 1. The third-order valence-corrected chi connectivity index (χ3v) is 4.39. The predicted octanol–water partition coefficient (Wildman–Crippen LogP) is -2.74. The molecule has 0 radical (unpaired) electrons. The number of hydrogen-bond acceptors (Lipinski definition) is 9. The average molecular weight is 393 g/mol. The maximum Gasteiger partial charge on any atom is 0.364 e. The fourth-order valence-electron chi connectivity index (χ4n) is 2.85. The minimum Gasteiger partial charge on any atom is -0.477 e. The van der Waals surface area contributed by atoms with Gasteiger partial charge < -0.3 is 45.5 Å². The molecule has 1 amide bonds. The molecule has 1 unspecified atom stereocenters. The van der Waals surface area contributed by atoms with Crippen LogP contribution in [0.5, 0.6) is 0 Å². The Balaban J connectivity index is 2.82. The summed E-state index contributed by atoms with van der Waals surface area (Å²) >= 11 is 0. The molecule has 156 valence electrons. The van der Waals surface area contributed by atoms with E-state index in [1.54, 1.807) is 0 Å². The number of aldehydes is 1. The number of rotatable bonds is 11. The van der Waals surface area contributed by atoms with Gasteiger partial charge in [-0.05, 0) is 12.8 Å². The quantitative estimate of drug-likeness (QED) is 0.143. The Morgan fingerprint density at radius 3 is 2.48 bits per heavy atom. The molecule has 0 bridgehead atoms. The van der Waals surface area contributed by atoms with Gasteiger partial charge in [0.25, 0.3) is 5.79 Å². The van der Waals surface area contributed by atoms with Crippen molar-refractivity contribution in [2.45, 2.75) is 74.8 Å². The highest BCUT2D eigenvalue weighted by Crippen LogP contribution is 2.30. The van der Waals surface area contributed by atoms with Crippen LogP contribution in [-0.2, 0) is 19.1 Å². The Morgan fingerprint density at radius 2 is 1.93 bits per heavy atom. The van der Waals surface area contributed by atoms with Gasteiger partial charge in [0.2, 0.25) is 5.91 Å². The Kier molecular flexibility index (Phi) is 9.22. The molecule has 6 atom stereocenters. The molecule has 1 aliphatic rings. The van der Waals surface area contributed by atoms with Crippen LogP contribution in [-0.4, -0.2) is 91.7 Å². The summed E-state index contributed by atoms with van der Waals surface area (Å²) in [4.78, 5) is 33.5. The first-order chi connectivity index (χ1) is 12.7. The van der Waals surface area contributed by atoms with Crippen LogP contribution in [0.1, 0.15) is 38.5 Å². The number of amides is 1. The number of carbonyl (C=O) groups is 3. The maximum atomic E-state index is 12.1. The third-order valence-electron chi connectivity index (χ3n) is 4.39. The topological polar surface area (TPSA) is 194 Å². The molecule has 1 heterocycles. The van der Waals surface area contributed by atoms with Crippen LogP contribution >= 0.6 is 0 Å². The van der Waals surface area contributed by atoms with Gasteiger partial charge in [-0.3, -0.25) is 4.79 Å². The summed E-state index contributed by atoms with van der Waals surface area (Å²) in [6.07, 6.45) is -4.74. The van der Waals surface area contributed by atoms with E-state index in [0.717, 1.165) is 6.29 Å². The predicted molar refractivity (Wildman–Crippen MR) is 88.3 cm³/mol. The minimum absolute atomic E-state index is 0.0522. The molecular formula is C16H27NO10. The number of unbranched alkanes of at least 4 members (excludes halogenated alkanes) is 3. The molecule has 1 rings (SSSR count). The molecule has 27 heavy (non-hydrogen) atoms. The van der Waals surface area contributed by atoms with Crippen molar-refractivity contribution in [2.75, 3.05) is 6.61 Å². The summed E-state index contributed by atoms with van der Waals surface area (Å²) in [5.41, 5.74) is 0. The molecule has 11 nitrogen and oxygen atoms in total. The molecule has 0 saturated carbocycles. The lowest BCUT2D eigenvalue weighted by Gasteiger charge is -2.44. The second kappa shape index (κ2) is 10.6. The number of carboxylic acid groups (broad SMARTS) is 1. The Bertz CT molecular complexity index is 515. The van der Waals surface area contributed by atoms with Crippen LogP contribution in [0.25, 0.3) is 0 Å². The van der Waals surface area contributed by atoms with E-state index >= 15 is 0 Å². The first kappa shape index (κ1) is 23.4. The lowest BCUT2D eigenvalue weighted by atomic mass is 9.88. The number of aliphatic carboxylic acids is 1. The third kappa shape index (κ3) is 6.48. The highest BCUT2D eigenvalue weighted by molar-refractivity contribution is 5.77. The normalized spacial score (nSPS) is 30.3. The number of carbonyl (C=O) groups excluding carboxylic acids is 2. The highest BCUT2D eigenvalue weighted by Gasteiger charge is 2.53. The molecule has 1 fully saturated rings. The fourth-order valence-corrected chi connectivity index (χ4v) is 2.85. The summed E-state index contributed by atoms with van der Waals surface area (Å²) in [6.45, 7) is -0.889. The van der Waals surface area contributed by atoms with Crippen LogP contribution < -0.4 is 5.32 Å². The van der Waals surface area contributed by atoms with Gasteiger partial charge in [0.15, 0.2) is 0 Å². The van der Waals surface area contributed by atoms with Gasteiger partial charge in [-0.25, -0.2) is 4.79 Å². The average Bonchev–Trinajstić information content (AvgIpc) is 2.62. The summed E-state index contributed by atoms with van der Waals surface area (Å²) in [5, 5.41) is 60.4. The largest absolute Gasteiger partial charge is 0.477 e. The van der Waals surface area contributed by atoms with E-state index in [4.69, 9.17) is 14.9 Å². The molecule has 0 aromatic carbocycles. The van der Waals surface area contributed by atoms with E-state index in [1.807, 2.05) is 0 Å². The van der Waals surface area contributed by atoms with Crippen molar-refractivity contribution in [3.05, 3.63) is 0 Å². The smallest absolute Gasteiger partial charge is 0.364 e. The van der Waals surface area contributed by atoms with Gasteiger partial charge in [-0.15, -0.1) is 0 Å². The Labute approximate surface area is 155 Å². The first-order valence-electron chi connectivity index (χ1n) is 8.68. The fraction of sp³-hybridized carbons (Fsp3) is 0.812. The highest BCUT2D eigenvalue weighted by atomic mass is 16.7. The van der Waals surface area contributed by atoms with Crippen molar-refractivity contribution in [1.29, 1.82) is 0 Å². The molecule has 1 aliphatic heterocycles. The van der Waals surface area contributed by atoms with E-state index < -0.39 is 61.1 Å². The van der Waals surface area contributed by atoms with Crippen LogP contribution in [0.2, 0.25) is 0 Å². The van der Waals surface area contributed by atoms with Crippen molar-refractivity contribution < 1.29 is 49.8 Å². The summed E-state index contributed by atoms with van der Waals surface area (Å²) in [5.74, 6) is -5.15. The van der Waals surface area contributed by atoms with Crippen molar-refractivity contribution in [3.8, 4) is 0 Å². The maximum absolute atomic E-state index is 12.1. The molecule has 7 N–H and O–H groups in total. The van der Waals surface area contributed by atoms with Crippen molar-refractivity contribution in [2.24, 2.45) is 0 Å². The number of aliphatic hydroxyl groups excluding tert-OH is 4. The summed E-state index contributed by atoms with van der Waals surface area (Å²) < 4.78 is 4.98. The standard InChI is InChI=1S/C16H27NO10/c18-6-4-2-1-3-5-11(22)17-12-9(20)7-16(26,15(24)25)27-14(12)13(23)10(21)8-19/h6,9-10,12-14,19-21,23,26H,1-5,7-8H2,(H,17,22)(H,24,25)/t9-,10+,12+,13+,14+,16?/m0/s1. The lowest BCUT2D eigenvalue weighted by molar-refractivity contribution is -0.295. The van der Waals surface area contributed by atoms with Gasteiger partial charge in [0.1, 0.15) is 24.6 Å². The van der Waals surface area contributed by atoms with E-state index in [2.05, 4.69) is 5.32 Å². The van der Waals surface area contributed by atoms with E-state index in [0.29, 0.717) is 25.7 Å². The molecule has 1 saturated heterocycles. The number of ether oxygens (including phenoxy) is 1. The van der Waals surface area contributed by atoms with Crippen LogP contribution in [0.4, 0.5) is 0 Å². The number of hydrogen-bond donors (Lipinski definition) is 7. The zero-order valence-corrected chi connectivity index (χ0v) is 14.7. The van der Waals surface area contributed by atoms with E-state index in [1.165, 1.54) is 0 Å². The monoisotopic (exact) mass is 393 g/mol. The number of aliphatic hydroxyl groups is 5. The zero-order valence-electron chi connectivity index (χ0n) is 14.7. The lowest BCUT2D eigenvalue weighted by Crippen LogP contribution is -2.67. The first-order valence-corrected chi connectivity index (χ1v) is 8.68. The Morgan fingerprint density at radius 1 is 1.26 bits per heavy atom. The van der Waals surface area contributed by atoms with Crippen molar-refractivity contribution in [3.63, 3.8) is 0 Å². The molecular weight excluding hydrogens is 366 g/mol. The second-order valence-corrected chi connectivity index (χ2v) is 6.54. The molecule has 0 spiro atoms. The zero-order chi connectivity index (χ0) is 20.6. The number of nitrogens with one attached hydrogen (secondary N) is 1. The van der Waals surface area contributed by atoms with Gasteiger partial charge in [0.05, 0.1) is 18.8 Å². The van der Waals surface area contributed by atoms with Crippen LogP contribution in [0.3, 0.4) is 0 Å². The van der Waals surface area contributed by atoms with Gasteiger partial charge in [0, 0.05) is 19.3 Å². The molecule has 0 aliphatic carbocycles.